The van der Waals surface area contributed by atoms with Gasteiger partial charge in [0.15, 0.2) is 5.83 Å². The van der Waals surface area contributed by atoms with Crippen LogP contribution in [0.3, 0.4) is 0 Å². The molecule has 3 aromatic rings. The fraction of sp³-hybridized carbons (Fsp3) is 0.238. The van der Waals surface area contributed by atoms with E-state index in [1.807, 2.05) is 0 Å². The van der Waals surface area contributed by atoms with Crippen LogP contribution in [-0.4, -0.2) is 32.2 Å². The molecule has 1 aromatic carbocycles. The number of alkyl halides is 6. The third-order valence-electron chi connectivity index (χ3n) is 4.79. The van der Waals surface area contributed by atoms with E-state index in [-0.39, 0.29) is 17.8 Å². The molecule has 0 bridgehead atoms. The summed E-state index contributed by atoms with van der Waals surface area (Å²) < 4.78 is 94.0. The first-order valence-corrected chi connectivity index (χ1v) is 9.59. The average Bonchev–Trinajstić information content (AvgIpc) is 3.08. The van der Waals surface area contributed by atoms with Gasteiger partial charge in [0, 0.05) is 17.5 Å². The predicted octanol–water partition coefficient (Wildman–Crippen LogP) is 6.07. The molecule has 0 aliphatic heterocycles. The van der Waals surface area contributed by atoms with Crippen molar-refractivity contribution in [1.82, 2.24) is 14.8 Å². The van der Waals surface area contributed by atoms with Crippen molar-refractivity contribution in [3.8, 4) is 0 Å². The number of rotatable bonds is 5. The standard InChI is InChI=1S/C21H15ClF7N3O/c1-12-8-17(31-32(12)11-14-4-7-18(22)30-10-14)16(23)9-13-2-5-15(6-3-13)19(33,20(24,25)26)21(27,28)29/h2-10,33H,11H2,1H3. The first-order chi connectivity index (χ1) is 15.2. The zero-order chi connectivity index (χ0) is 24.6. The summed E-state index contributed by atoms with van der Waals surface area (Å²) in [5, 5.41) is 13.8. The topological polar surface area (TPSA) is 50.9 Å². The molecule has 1 N–H and O–H groups in total. The van der Waals surface area contributed by atoms with Crippen LogP contribution in [0, 0.1) is 6.92 Å². The molecular weight excluding hydrogens is 479 g/mol. The van der Waals surface area contributed by atoms with Crippen LogP contribution < -0.4 is 0 Å². The number of nitrogens with zero attached hydrogens (tertiary/aromatic N) is 3. The largest absolute Gasteiger partial charge is 0.430 e. The molecule has 0 amide bonds. The molecule has 3 rings (SSSR count). The third kappa shape index (κ3) is 5.03. The first kappa shape index (κ1) is 24.7. The van der Waals surface area contributed by atoms with Gasteiger partial charge in [0.1, 0.15) is 10.8 Å². The summed E-state index contributed by atoms with van der Waals surface area (Å²) >= 11 is 5.73. The molecule has 0 aliphatic rings. The van der Waals surface area contributed by atoms with Crippen LogP contribution in [0.1, 0.15) is 28.1 Å². The van der Waals surface area contributed by atoms with Crippen LogP contribution in [0.2, 0.25) is 5.15 Å². The second-order valence-electron chi connectivity index (χ2n) is 7.14. The van der Waals surface area contributed by atoms with Crippen molar-refractivity contribution < 1.29 is 35.8 Å². The van der Waals surface area contributed by atoms with Crippen molar-refractivity contribution in [2.75, 3.05) is 0 Å². The number of pyridine rings is 1. The maximum atomic E-state index is 14.7. The lowest BCUT2D eigenvalue weighted by atomic mass is 9.91. The lowest BCUT2D eigenvalue weighted by molar-refractivity contribution is -0.376. The maximum Gasteiger partial charge on any atom is 0.430 e. The van der Waals surface area contributed by atoms with Gasteiger partial charge in [0.05, 0.1) is 6.54 Å². The van der Waals surface area contributed by atoms with Crippen LogP contribution in [0.15, 0.2) is 48.7 Å². The van der Waals surface area contributed by atoms with Gasteiger partial charge in [0.2, 0.25) is 0 Å². The van der Waals surface area contributed by atoms with Gasteiger partial charge in [-0.2, -0.15) is 31.4 Å². The summed E-state index contributed by atoms with van der Waals surface area (Å²) in [4.78, 5) is 3.94. The van der Waals surface area contributed by atoms with Crippen LogP contribution in [0.5, 0.6) is 0 Å². The van der Waals surface area contributed by atoms with Crippen LogP contribution >= 0.6 is 11.6 Å². The number of aliphatic hydroxyl groups is 1. The van der Waals surface area contributed by atoms with Gasteiger partial charge in [-0.3, -0.25) is 4.68 Å². The number of hydrogen-bond acceptors (Lipinski definition) is 3. The van der Waals surface area contributed by atoms with Crippen LogP contribution in [-0.2, 0) is 12.1 Å². The lowest BCUT2D eigenvalue weighted by Crippen LogP contribution is -2.53. The van der Waals surface area contributed by atoms with Gasteiger partial charge < -0.3 is 5.11 Å². The molecule has 2 heterocycles. The van der Waals surface area contributed by atoms with E-state index in [1.165, 1.54) is 16.9 Å². The Balaban J connectivity index is 1.85. The summed E-state index contributed by atoms with van der Waals surface area (Å²) in [5.41, 5.74) is -5.25. The Morgan fingerprint density at radius 2 is 1.64 bits per heavy atom. The summed E-state index contributed by atoms with van der Waals surface area (Å²) in [6.07, 6.45) is -9.57. The lowest BCUT2D eigenvalue weighted by Gasteiger charge is -2.32. The molecule has 33 heavy (non-hydrogen) atoms. The zero-order valence-corrected chi connectivity index (χ0v) is 17.5. The van der Waals surface area contributed by atoms with Gasteiger partial charge in [0.25, 0.3) is 5.60 Å². The molecule has 0 spiro atoms. The number of hydrogen-bond donors (Lipinski definition) is 1. The molecule has 0 saturated carbocycles. The highest BCUT2D eigenvalue weighted by molar-refractivity contribution is 6.29. The van der Waals surface area contributed by atoms with Gasteiger partial charge in [-0.15, -0.1) is 0 Å². The Hall–Kier alpha value is -2.92. The highest BCUT2D eigenvalue weighted by Crippen LogP contribution is 2.50. The van der Waals surface area contributed by atoms with Crippen molar-refractivity contribution in [2.45, 2.75) is 31.4 Å². The molecular formula is C21H15ClF7N3O. The van der Waals surface area contributed by atoms with Gasteiger partial charge in [-0.25, -0.2) is 9.37 Å². The van der Waals surface area contributed by atoms with E-state index in [4.69, 9.17) is 11.6 Å². The summed E-state index contributed by atoms with van der Waals surface area (Å²) in [7, 11) is 0. The fourth-order valence-corrected chi connectivity index (χ4v) is 3.10. The van der Waals surface area contributed by atoms with E-state index in [0.717, 1.165) is 23.8 Å². The number of halogens is 8. The Labute approximate surface area is 187 Å². The fourth-order valence-electron chi connectivity index (χ4n) is 2.99. The normalized spacial score (nSPS) is 13.5. The monoisotopic (exact) mass is 493 g/mol. The summed E-state index contributed by atoms with van der Waals surface area (Å²) in [6.45, 7) is 1.95. The summed E-state index contributed by atoms with van der Waals surface area (Å²) in [6, 6.07) is 7.28. The van der Waals surface area contributed by atoms with E-state index in [9.17, 15) is 35.8 Å². The molecule has 0 unspecified atom stereocenters. The Morgan fingerprint density at radius 1 is 1.03 bits per heavy atom. The second-order valence-corrected chi connectivity index (χ2v) is 7.53. The zero-order valence-electron chi connectivity index (χ0n) is 16.7. The number of aromatic nitrogens is 3. The summed E-state index contributed by atoms with van der Waals surface area (Å²) in [5.74, 6) is -0.860. The SMILES string of the molecule is Cc1cc(C(F)=Cc2ccc(C(O)(C(F)(F)F)C(F)(F)F)cc2)nn1Cc1ccc(Cl)nc1. The molecule has 0 radical (unpaired) electrons. The van der Waals surface area contributed by atoms with Crippen LogP contribution in [0.4, 0.5) is 30.7 Å². The molecule has 0 atom stereocenters. The van der Waals surface area contributed by atoms with Gasteiger partial charge >= 0.3 is 12.4 Å². The van der Waals surface area contributed by atoms with Crippen molar-refractivity contribution in [3.63, 3.8) is 0 Å². The Kier molecular flexibility index (Phi) is 6.58. The number of aryl methyl sites for hydroxylation is 1. The van der Waals surface area contributed by atoms with E-state index < -0.39 is 29.3 Å². The Morgan fingerprint density at radius 3 is 2.15 bits per heavy atom. The minimum atomic E-state index is -6.00. The van der Waals surface area contributed by atoms with E-state index in [0.29, 0.717) is 23.0 Å². The Bertz CT molecular complexity index is 1140. The van der Waals surface area contributed by atoms with E-state index in [1.54, 1.807) is 19.1 Å². The highest BCUT2D eigenvalue weighted by Gasteiger charge is 2.71. The molecule has 0 fully saturated rings. The van der Waals surface area contributed by atoms with Gasteiger partial charge in [-0.1, -0.05) is 41.9 Å². The first-order valence-electron chi connectivity index (χ1n) is 9.21. The van der Waals surface area contributed by atoms with Crippen molar-refractivity contribution in [2.24, 2.45) is 0 Å². The smallest absolute Gasteiger partial charge is 0.369 e. The number of benzene rings is 1. The molecule has 2 aromatic heterocycles. The maximum absolute atomic E-state index is 14.7. The van der Waals surface area contributed by atoms with Crippen LogP contribution in [0.25, 0.3) is 11.9 Å². The highest BCUT2D eigenvalue weighted by atomic mass is 35.5. The molecule has 12 heteroatoms. The second kappa shape index (κ2) is 8.79. The minimum Gasteiger partial charge on any atom is -0.369 e. The molecule has 4 nitrogen and oxygen atoms in total. The average molecular weight is 494 g/mol. The van der Waals surface area contributed by atoms with E-state index >= 15 is 0 Å². The quantitative estimate of drug-likeness (QED) is 0.347. The van der Waals surface area contributed by atoms with Crippen molar-refractivity contribution >= 4 is 23.5 Å². The third-order valence-corrected chi connectivity index (χ3v) is 5.01. The van der Waals surface area contributed by atoms with Crippen molar-refractivity contribution in [3.05, 3.63) is 81.9 Å². The predicted molar refractivity (Wildman–Crippen MR) is 107 cm³/mol. The molecule has 0 aliphatic carbocycles. The molecule has 176 valence electrons. The van der Waals surface area contributed by atoms with Crippen molar-refractivity contribution in [1.29, 1.82) is 0 Å². The van der Waals surface area contributed by atoms with Gasteiger partial charge in [-0.05, 0) is 36.3 Å². The molecule has 0 saturated heterocycles. The minimum absolute atomic E-state index is 0.0305. The van der Waals surface area contributed by atoms with E-state index in [2.05, 4.69) is 10.1 Å².